The van der Waals surface area contributed by atoms with Gasteiger partial charge in [0.1, 0.15) is 19.3 Å². The van der Waals surface area contributed by atoms with Crippen LogP contribution in [-0.4, -0.2) is 71.0 Å². The molecule has 1 amide bonds. The summed E-state index contributed by atoms with van der Waals surface area (Å²) >= 11 is 0. The number of amides is 1. The van der Waals surface area contributed by atoms with E-state index < -0.39 is 16.1 Å². The van der Waals surface area contributed by atoms with E-state index in [1.165, 1.54) is 0 Å². The summed E-state index contributed by atoms with van der Waals surface area (Å²) in [7, 11) is -3.73. The van der Waals surface area contributed by atoms with Crippen LogP contribution in [0.5, 0.6) is 11.5 Å². The van der Waals surface area contributed by atoms with Gasteiger partial charge in [-0.3, -0.25) is 14.0 Å². The molecule has 1 atom stereocenters. The van der Waals surface area contributed by atoms with Gasteiger partial charge in [-0.15, -0.1) is 0 Å². The minimum absolute atomic E-state index is 0.304. The van der Waals surface area contributed by atoms with Gasteiger partial charge in [-0.1, -0.05) is 24.3 Å². The molecular weight excluding hydrogens is 458 g/mol. The van der Waals surface area contributed by atoms with Gasteiger partial charge in [-0.2, -0.15) is 0 Å². The highest BCUT2D eigenvalue weighted by atomic mass is 32.2. The molecule has 4 rings (SSSR count). The molecule has 34 heavy (non-hydrogen) atoms. The number of morpholine rings is 1. The Labute approximate surface area is 200 Å². The number of hydrogen-bond donors (Lipinski definition) is 1. The summed E-state index contributed by atoms with van der Waals surface area (Å²) in [5.41, 5.74) is 2.47. The molecule has 9 nitrogen and oxygen atoms in total. The summed E-state index contributed by atoms with van der Waals surface area (Å²) in [6.45, 7) is 6.82. The third-order valence-corrected chi connectivity index (χ3v) is 7.08. The van der Waals surface area contributed by atoms with Gasteiger partial charge in [-0.05, 0) is 30.2 Å². The zero-order valence-corrected chi connectivity index (χ0v) is 20.3. The van der Waals surface area contributed by atoms with Gasteiger partial charge in [-0.25, -0.2) is 8.42 Å². The molecule has 0 spiro atoms. The SMILES string of the molecule is C[C@@H](C(=O)NCc1cccc(CN2CCOCC2)c1)N(c1ccc2c(c1)OCCO2)S(C)(=O)=O. The van der Waals surface area contributed by atoms with Crippen molar-refractivity contribution in [2.45, 2.75) is 26.1 Å². The molecule has 0 aromatic heterocycles. The lowest BCUT2D eigenvalue weighted by atomic mass is 10.1. The fraction of sp³-hybridized carbons (Fsp3) is 0.458. The van der Waals surface area contributed by atoms with Gasteiger partial charge in [0, 0.05) is 32.2 Å². The zero-order valence-electron chi connectivity index (χ0n) is 19.5. The number of fused-ring (bicyclic) bond motifs is 1. The van der Waals surface area contributed by atoms with Gasteiger partial charge >= 0.3 is 0 Å². The maximum absolute atomic E-state index is 13.0. The lowest BCUT2D eigenvalue weighted by Crippen LogP contribution is -2.47. The van der Waals surface area contributed by atoms with Crippen LogP contribution in [0.2, 0.25) is 0 Å². The number of anilines is 1. The molecule has 2 heterocycles. The van der Waals surface area contributed by atoms with Gasteiger partial charge in [0.25, 0.3) is 0 Å². The van der Waals surface area contributed by atoms with Crippen LogP contribution in [0.1, 0.15) is 18.1 Å². The highest BCUT2D eigenvalue weighted by Gasteiger charge is 2.30. The van der Waals surface area contributed by atoms with Gasteiger partial charge in [0.05, 0.1) is 25.2 Å². The summed E-state index contributed by atoms with van der Waals surface area (Å²) in [6, 6.07) is 12.0. The number of hydrogen-bond acceptors (Lipinski definition) is 7. The highest BCUT2D eigenvalue weighted by Crippen LogP contribution is 2.35. The second-order valence-electron chi connectivity index (χ2n) is 8.49. The molecule has 1 fully saturated rings. The lowest BCUT2D eigenvalue weighted by Gasteiger charge is -2.29. The van der Waals surface area contributed by atoms with E-state index in [4.69, 9.17) is 14.2 Å². The Morgan fingerprint density at radius 3 is 2.47 bits per heavy atom. The monoisotopic (exact) mass is 489 g/mol. The highest BCUT2D eigenvalue weighted by molar-refractivity contribution is 7.92. The summed E-state index contributed by atoms with van der Waals surface area (Å²) in [6.07, 6.45) is 1.09. The first-order valence-electron chi connectivity index (χ1n) is 11.4. The van der Waals surface area contributed by atoms with Crippen molar-refractivity contribution in [1.82, 2.24) is 10.2 Å². The summed E-state index contributed by atoms with van der Waals surface area (Å²) in [5, 5.41) is 2.88. The number of carbonyl (C=O) groups excluding carboxylic acids is 1. The molecule has 2 aliphatic rings. The van der Waals surface area contributed by atoms with Crippen molar-refractivity contribution in [3.05, 3.63) is 53.6 Å². The van der Waals surface area contributed by atoms with Crippen molar-refractivity contribution in [2.75, 3.05) is 50.1 Å². The molecule has 1 N–H and O–H groups in total. The number of sulfonamides is 1. The molecule has 0 saturated carbocycles. The average molecular weight is 490 g/mol. The average Bonchev–Trinajstić information content (AvgIpc) is 2.82. The molecule has 0 radical (unpaired) electrons. The van der Waals surface area contributed by atoms with Crippen molar-refractivity contribution < 1.29 is 27.4 Å². The van der Waals surface area contributed by atoms with E-state index in [-0.39, 0.29) is 5.91 Å². The summed E-state index contributed by atoms with van der Waals surface area (Å²) in [4.78, 5) is 15.3. The predicted molar refractivity (Wildman–Crippen MR) is 129 cm³/mol. The first-order chi connectivity index (χ1) is 16.3. The summed E-state index contributed by atoms with van der Waals surface area (Å²) in [5.74, 6) is 0.624. The Bertz CT molecular complexity index is 1120. The van der Waals surface area contributed by atoms with Crippen molar-refractivity contribution in [1.29, 1.82) is 0 Å². The number of nitrogens with zero attached hydrogens (tertiary/aromatic N) is 2. The number of benzene rings is 2. The van der Waals surface area contributed by atoms with Gasteiger partial charge in [0.15, 0.2) is 11.5 Å². The van der Waals surface area contributed by atoms with Crippen molar-refractivity contribution in [3.63, 3.8) is 0 Å². The van der Waals surface area contributed by atoms with Crippen LogP contribution in [0, 0.1) is 0 Å². The van der Waals surface area contributed by atoms with E-state index >= 15 is 0 Å². The molecule has 0 bridgehead atoms. The van der Waals surface area contributed by atoms with Crippen LogP contribution in [0.4, 0.5) is 5.69 Å². The largest absolute Gasteiger partial charge is 0.486 e. The molecule has 1 saturated heterocycles. The molecule has 2 aromatic carbocycles. The van der Waals surface area contributed by atoms with Crippen LogP contribution < -0.4 is 19.1 Å². The predicted octanol–water partition coefficient (Wildman–Crippen LogP) is 1.76. The Morgan fingerprint density at radius 2 is 1.74 bits per heavy atom. The number of carbonyl (C=O) groups is 1. The minimum atomic E-state index is -3.73. The molecule has 2 aromatic rings. The van der Waals surface area contributed by atoms with E-state index in [1.54, 1.807) is 25.1 Å². The van der Waals surface area contributed by atoms with Gasteiger partial charge in [0.2, 0.25) is 15.9 Å². The molecule has 0 unspecified atom stereocenters. The smallest absolute Gasteiger partial charge is 0.243 e. The lowest BCUT2D eigenvalue weighted by molar-refractivity contribution is -0.122. The molecule has 2 aliphatic heterocycles. The van der Waals surface area contributed by atoms with Crippen LogP contribution in [0.15, 0.2) is 42.5 Å². The first kappa shape index (κ1) is 24.3. The standard InChI is InChI=1S/C24H31N3O6S/c1-18(27(34(2,29)30)21-6-7-22-23(15-21)33-13-12-32-22)24(28)25-16-19-4-3-5-20(14-19)17-26-8-10-31-11-9-26/h3-7,14-15,18H,8-13,16-17H2,1-2H3,(H,25,28)/t18-/m0/s1. The normalized spacial score (nSPS) is 17.1. The van der Waals surface area contributed by atoms with Crippen molar-refractivity contribution >= 4 is 21.6 Å². The molecule has 10 heteroatoms. The fourth-order valence-corrected chi connectivity index (χ4v) is 5.34. The van der Waals surface area contributed by atoms with E-state index in [9.17, 15) is 13.2 Å². The topological polar surface area (TPSA) is 97.4 Å². The Balaban J connectivity index is 1.43. The van der Waals surface area contributed by atoms with E-state index in [0.717, 1.165) is 54.5 Å². The maximum Gasteiger partial charge on any atom is 0.243 e. The van der Waals surface area contributed by atoms with E-state index in [1.807, 2.05) is 12.1 Å². The number of nitrogens with one attached hydrogen (secondary N) is 1. The van der Waals surface area contributed by atoms with Crippen LogP contribution in [0.3, 0.4) is 0 Å². The Morgan fingerprint density at radius 1 is 1.03 bits per heavy atom. The number of rotatable bonds is 8. The van der Waals surface area contributed by atoms with Crippen LogP contribution in [-0.2, 0) is 32.6 Å². The van der Waals surface area contributed by atoms with Crippen molar-refractivity contribution in [2.24, 2.45) is 0 Å². The second-order valence-corrected chi connectivity index (χ2v) is 10.3. The molecule has 0 aliphatic carbocycles. The third-order valence-electron chi connectivity index (χ3n) is 5.84. The second kappa shape index (κ2) is 10.6. The maximum atomic E-state index is 13.0. The first-order valence-corrected chi connectivity index (χ1v) is 13.2. The summed E-state index contributed by atoms with van der Waals surface area (Å²) < 4.78 is 42.8. The Kier molecular flexibility index (Phi) is 7.60. The molecule has 184 valence electrons. The Hall–Kier alpha value is -2.82. The van der Waals surface area contributed by atoms with E-state index in [0.29, 0.717) is 36.9 Å². The van der Waals surface area contributed by atoms with Crippen molar-refractivity contribution in [3.8, 4) is 11.5 Å². The van der Waals surface area contributed by atoms with Gasteiger partial charge < -0.3 is 19.5 Å². The third kappa shape index (κ3) is 5.99. The minimum Gasteiger partial charge on any atom is -0.486 e. The fourth-order valence-electron chi connectivity index (χ4n) is 4.17. The molecular formula is C24H31N3O6S. The quantitative estimate of drug-likeness (QED) is 0.604. The van der Waals surface area contributed by atoms with E-state index in [2.05, 4.69) is 22.3 Å². The zero-order chi connectivity index (χ0) is 24.1. The van der Waals surface area contributed by atoms with Crippen LogP contribution in [0.25, 0.3) is 0 Å². The van der Waals surface area contributed by atoms with Crippen LogP contribution >= 0.6 is 0 Å². The number of ether oxygens (including phenoxy) is 3.